The minimum atomic E-state index is 0. The molecule has 0 saturated carbocycles. The van der Waals surface area contributed by atoms with E-state index in [1.54, 1.807) is 0 Å². The van der Waals surface area contributed by atoms with Gasteiger partial charge < -0.3 is 0 Å². The third-order valence-electron chi connectivity index (χ3n) is 1.04. The van der Waals surface area contributed by atoms with Crippen molar-refractivity contribution in [2.75, 3.05) is 0 Å². The molecule has 0 bridgehead atoms. The second-order valence-electron chi connectivity index (χ2n) is 1.61. The van der Waals surface area contributed by atoms with Gasteiger partial charge in [-0.25, -0.2) is 0 Å². The summed E-state index contributed by atoms with van der Waals surface area (Å²) in [5, 5.41) is 0. The van der Waals surface area contributed by atoms with Crippen LogP contribution in [0.15, 0.2) is 36.9 Å². The van der Waals surface area contributed by atoms with E-state index in [0.29, 0.717) is 0 Å². The molecule has 0 N–H and O–H groups in total. The Kier molecular flexibility index (Phi) is 82.9. The molecular weight excluding hydrogens is 264 g/mol. The topological polar surface area (TPSA) is 68.3 Å². The van der Waals surface area contributed by atoms with Gasteiger partial charge in [0.1, 0.15) is 0 Å². The zero-order chi connectivity index (χ0) is 13.8. The van der Waals surface area contributed by atoms with E-state index < -0.39 is 0 Å². The van der Waals surface area contributed by atoms with Crippen LogP contribution in [0.2, 0.25) is 0 Å². The Morgan fingerprint density at radius 2 is 1.06 bits per heavy atom. The standard InChI is InChI=1S/C8H8.4CO.Fe/c1-2-8-6-4-3-5-7-8;4*1-2;/h2-7H,1H2;;;;;. The van der Waals surface area contributed by atoms with Crippen molar-refractivity contribution in [3.63, 3.8) is 0 Å². The van der Waals surface area contributed by atoms with Crippen molar-refractivity contribution in [1.29, 1.82) is 0 Å². The first-order valence-electron chi connectivity index (χ1n) is 3.42. The van der Waals surface area contributed by atoms with E-state index in [1.165, 1.54) is 5.56 Å². The van der Waals surface area contributed by atoms with Crippen molar-refractivity contribution in [2.24, 2.45) is 0 Å². The normalized spacial score (nSPS) is 4.94. The number of hydrogen-bond acceptors (Lipinski definition) is 4. The predicted octanol–water partition coefficient (Wildman–Crippen LogP) is 0.739. The van der Waals surface area contributed by atoms with Crippen LogP contribution in [0.25, 0.3) is 6.08 Å². The first-order valence-corrected chi connectivity index (χ1v) is 3.42. The van der Waals surface area contributed by atoms with E-state index in [4.69, 9.17) is 19.2 Å². The van der Waals surface area contributed by atoms with E-state index in [2.05, 4.69) is 33.7 Å². The van der Waals surface area contributed by atoms with Crippen molar-refractivity contribution >= 4 is 33.2 Å². The van der Waals surface area contributed by atoms with Crippen LogP contribution < -0.4 is 0 Å². The molecule has 0 heterocycles. The molecule has 88 valence electrons. The van der Waals surface area contributed by atoms with Gasteiger partial charge in [0, 0.05) is 17.1 Å². The summed E-state index contributed by atoms with van der Waals surface area (Å²) in [5.74, 6) is 0. The van der Waals surface area contributed by atoms with Crippen LogP contribution in [-0.2, 0) is 36.2 Å². The first kappa shape index (κ1) is 29.4. The van der Waals surface area contributed by atoms with Gasteiger partial charge in [-0.15, -0.1) is 0 Å². The summed E-state index contributed by atoms with van der Waals surface area (Å²) in [5.41, 5.74) is 1.17. The van der Waals surface area contributed by atoms with Crippen LogP contribution in [0.4, 0.5) is 0 Å². The Morgan fingerprint density at radius 3 is 1.24 bits per heavy atom. The van der Waals surface area contributed by atoms with Crippen LogP contribution in [0.3, 0.4) is 0 Å². The van der Waals surface area contributed by atoms with Crippen LogP contribution in [0, 0.1) is 0 Å². The van der Waals surface area contributed by atoms with E-state index in [0.717, 1.165) is 0 Å². The maximum Gasteiger partial charge on any atom is 0.281 e. The van der Waals surface area contributed by atoms with Gasteiger partial charge in [0.25, 0.3) is 27.2 Å². The van der Waals surface area contributed by atoms with Gasteiger partial charge >= 0.3 is 0 Å². The van der Waals surface area contributed by atoms with Gasteiger partial charge in [-0.1, -0.05) is 43.0 Å². The van der Waals surface area contributed by atoms with Gasteiger partial charge in [0.05, 0.1) is 0 Å². The minimum absolute atomic E-state index is 0. The average Bonchev–Trinajstić information content (AvgIpc) is 2.48. The fourth-order valence-electron chi connectivity index (χ4n) is 0.589. The third kappa shape index (κ3) is 31.4. The quantitative estimate of drug-likeness (QED) is 0.707. The molecule has 0 atom stereocenters. The molecule has 8 radical (unpaired) electrons. The van der Waals surface area contributed by atoms with Crippen LogP contribution in [-0.4, -0.2) is 27.2 Å². The van der Waals surface area contributed by atoms with Gasteiger partial charge in [-0.2, -0.15) is 0 Å². The molecule has 1 aromatic carbocycles. The van der Waals surface area contributed by atoms with Crippen LogP contribution >= 0.6 is 0 Å². The average molecular weight is 272 g/mol. The fourth-order valence-corrected chi connectivity index (χ4v) is 0.589. The first-order chi connectivity index (χ1) is 7.93. The molecule has 0 saturated heterocycles. The zero-order valence-electron chi connectivity index (χ0n) is 8.66. The number of rotatable bonds is 1. The number of carbonyl (C=O) groups excluding carboxylic acids is 4. The molecule has 0 amide bonds. The van der Waals surface area contributed by atoms with Gasteiger partial charge in [0.2, 0.25) is 0 Å². The monoisotopic (exact) mass is 272 g/mol. The summed E-state index contributed by atoms with van der Waals surface area (Å²) in [7, 11) is 0. The molecule has 0 unspecified atom stereocenters. The Hall–Kier alpha value is -1.84. The molecule has 1 rings (SSSR count). The molecular formula is C12H8FeO4. The predicted molar refractivity (Wildman–Crippen MR) is 59.3 cm³/mol. The molecule has 0 fully saturated rings. The summed E-state index contributed by atoms with van der Waals surface area (Å²) >= 11 is 0. The van der Waals surface area contributed by atoms with Crippen LogP contribution in [0.5, 0.6) is 0 Å². The third-order valence-corrected chi connectivity index (χ3v) is 1.04. The Morgan fingerprint density at radius 1 is 0.765 bits per heavy atom. The van der Waals surface area contributed by atoms with Gasteiger partial charge in [-0.05, 0) is 5.56 Å². The van der Waals surface area contributed by atoms with Crippen molar-refractivity contribution in [1.82, 2.24) is 0 Å². The zero-order valence-corrected chi connectivity index (χ0v) is 9.76. The summed E-state index contributed by atoms with van der Waals surface area (Å²) in [6.07, 6.45) is 1.83. The van der Waals surface area contributed by atoms with Crippen molar-refractivity contribution < 1.29 is 36.2 Å². The number of benzene rings is 1. The smallest absolute Gasteiger partial charge is 0.281 e. The molecule has 0 aliphatic heterocycles. The summed E-state index contributed by atoms with van der Waals surface area (Å²) in [6.45, 7) is 21.6. The Bertz CT molecular complexity index is 221. The van der Waals surface area contributed by atoms with E-state index in [9.17, 15) is 0 Å². The van der Waals surface area contributed by atoms with Gasteiger partial charge in [-0.3, -0.25) is 19.2 Å². The molecule has 0 aliphatic rings. The molecule has 17 heavy (non-hydrogen) atoms. The maximum absolute atomic E-state index is 7.50. The largest absolute Gasteiger partial charge is 0.281 e. The molecule has 0 aromatic heterocycles. The molecule has 0 aliphatic carbocycles. The van der Waals surface area contributed by atoms with Crippen molar-refractivity contribution in [2.45, 2.75) is 0 Å². The van der Waals surface area contributed by atoms with Crippen molar-refractivity contribution in [3.05, 3.63) is 42.5 Å². The van der Waals surface area contributed by atoms with E-state index >= 15 is 0 Å². The SMILES string of the molecule is C=Cc1ccccc1.[C]=O.[C]=O.[C]=O.[C]=O.[Fe]. The summed E-state index contributed by atoms with van der Waals surface area (Å²) in [6, 6.07) is 10.0. The van der Waals surface area contributed by atoms with Crippen molar-refractivity contribution in [3.8, 4) is 0 Å². The molecule has 5 heteroatoms. The molecule has 0 spiro atoms. The molecule has 1 aromatic rings. The van der Waals surface area contributed by atoms with E-state index in [1.807, 2.05) is 36.4 Å². The Balaban J connectivity index is -0.0000000462. The minimum Gasteiger partial charge on any atom is -0.281 e. The second kappa shape index (κ2) is 47.8. The van der Waals surface area contributed by atoms with Crippen LogP contribution in [0.1, 0.15) is 5.56 Å². The number of hydrogen-bond donors (Lipinski definition) is 0. The fraction of sp³-hybridized carbons (Fsp3) is 0. The summed E-state index contributed by atoms with van der Waals surface area (Å²) < 4.78 is 0. The van der Waals surface area contributed by atoms with E-state index in [-0.39, 0.29) is 17.1 Å². The maximum atomic E-state index is 7.50. The Labute approximate surface area is 112 Å². The van der Waals surface area contributed by atoms with Gasteiger partial charge in [0.15, 0.2) is 0 Å². The second-order valence-corrected chi connectivity index (χ2v) is 1.61. The molecule has 4 nitrogen and oxygen atoms in total. The summed E-state index contributed by atoms with van der Waals surface area (Å²) in [4.78, 5) is 30.0.